The number of nitrogens with one attached hydrogen (secondary N) is 1. The monoisotopic (exact) mass is 453 g/mol. The lowest BCUT2D eigenvalue weighted by Crippen LogP contribution is -2.54. The van der Waals surface area contributed by atoms with E-state index in [0.717, 1.165) is 16.4 Å². The maximum absolute atomic E-state index is 14.0. The number of carbonyl (C=O) groups excluding carboxylic acids is 1. The number of ether oxygens (including phenoxy) is 1. The number of benzene rings is 2. The van der Waals surface area contributed by atoms with Crippen LogP contribution in [-0.2, 0) is 14.8 Å². The topological polar surface area (TPSA) is 79.0 Å². The highest BCUT2D eigenvalue weighted by Crippen LogP contribution is 2.25. The fraction of sp³-hybridized carbons (Fsp3) is 0.381. The molecule has 0 spiro atoms. The third-order valence-electron chi connectivity index (χ3n) is 5.16. The number of sulfonamides is 1. The minimum Gasteiger partial charge on any atom is -0.492 e. The lowest BCUT2D eigenvalue weighted by atomic mass is 10.2. The standard InChI is InChI=1S/C21H25F2N3O4S/c1-3-30-19-7-5-4-6-18(19)24-21(27)15(2)25-10-12-26(13-11-25)31(28,29)20-14-16(22)8-9-17(20)23/h4-9,14-15H,3,10-13H2,1-2H3,(H,24,27). The number of hydrogen-bond donors (Lipinski definition) is 1. The molecule has 2 aromatic carbocycles. The summed E-state index contributed by atoms with van der Waals surface area (Å²) >= 11 is 0. The first-order valence-electron chi connectivity index (χ1n) is 9.96. The van der Waals surface area contributed by atoms with Crippen LogP contribution in [0.3, 0.4) is 0 Å². The van der Waals surface area contributed by atoms with E-state index in [4.69, 9.17) is 4.74 Å². The van der Waals surface area contributed by atoms with Crippen LogP contribution in [0, 0.1) is 11.6 Å². The van der Waals surface area contributed by atoms with Crippen LogP contribution >= 0.6 is 0 Å². The van der Waals surface area contributed by atoms with Gasteiger partial charge in [-0.25, -0.2) is 17.2 Å². The molecule has 0 radical (unpaired) electrons. The van der Waals surface area contributed by atoms with Gasteiger partial charge >= 0.3 is 0 Å². The van der Waals surface area contributed by atoms with Crippen LogP contribution in [0.25, 0.3) is 0 Å². The van der Waals surface area contributed by atoms with E-state index < -0.39 is 32.6 Å². The van der Waals surface area contributed by atoms with Gasteiger partial charge in [0, 0.05) is 26.2 Å². The summed E-state index contributed by atoms with van der Waals surface area (Å²) in [5.74, 6) is -1.50. The molecule has 168 valence electrons. The van der Waals surface area contributed by atoms with Crippen molar-refractivity contribution >= 4 is 21.6 Å². The Bertz CT molecular complexity index is 1040. The minimum atomic E-state index is -4.17. The highest BCUT2D eigenvalue weighted by molar-refractivity contribution is 7.89. The number of anilines is 1. The van der Waals surface area contributed by atoms with E-state index in [1.54, 1.807) is 25.1 Å². The maximum atomic E-state index is 14.0. The third kappa shape index (κ3) is 5.20. The molecule has 2 aromatic rings. The molecule has 1 N–H and O–H groups in total. The fourth-order valence-electron chi connectivity index (χ4n) is 3.40. The molecule has 0 saturated carbocycles. The number of carbonyl (C=O) groups is 1. The zero-order valence-electron chi connectivity index (χ0n) is 17.3. The van der Waals surface area contributed by atoms with Gasteiger partial charge in [0.25, 0.3) is 0 Å². The summed E-state index contributed by atoms with van der Waals surface area (Å²) in [4.78, 5) is 13.9. The molecule has 1 aliphatic heterocycles. The summed E-state index contributed by atoms with van der Waals surface area (Å²) in [6.07, 6.45) is 0. The number of hydrogen-bond acceptors (Lipinski definition) is 5. The molecule has 31 heavy (non-hydrogen) atoms. The zero-order chi connectivity index (χ0) is 22.6. The fourth-order valence-corrected chi connectivity index (χ4v) is 4.90. The van der Waals surface area contributed by atoms with Crippen molar-refractivity contribution in [2.75, 3.05) is 38.1 Å². The first-order chi connectivity index (χ1) is 14.7. The Morgan fingerprint density at radius 1 is 1.13 bits per heavy atom. The van der Waals surface area contributed by atoms with Gasteiger partial charge in [0.05, 0.1) is 18.3 Å². The Labute approximate surface area is 180 Å². The molecule has 1 unspecified atom stereocenters. The molecular weight excluding hydrogens is 428 g/mol. The van der Waals surface area contributed by atoms with Gasteiger partial charge in [0.2, 0.25) is 15.9 Å². The van der Waals surface area contributed by atoms with Gasteiger partial charge in [0.15, 0.2) is 0 Å². The maximum Gasteiger partial charge on any atom is 0.246 e. The average Bonchev–Trinajstić information content (AvgIpc) is 2.76. The molecule has 1 amide bonds. The van der Waals surface area contributed by atoms with Crippen molar-refractivity contribution < 1.29 is 26.7 Å². The van der Waals surface area contributed by atoms with Gasteiger partial charge < -0.3 is 10.1 Å². The minimum absolute atomic E-state index is 0.0610. The molecule has 1 saturated heterocycles. The quantitative estimate of drug-likeness (QED) is 0.698. The van der Waals surface area contributed by atoms with E-state index in [9.17, 15) is 22.0 Å². The van der Waals surface area contributed by atoms with Crippen LogP contribution in [-0.4, -0.2) is 62.4 Å². The van der Waals surface area contributed by atoms with Gasteiger partial charge in [-0.15, -0.1) is 0 Å². The smallest absolute Gasteiger partial charge is 0.246 e. The highest BCUT2D eigenvalue weighted by atomic mass is 32.2. The summed E-state index contributed by atoms with van der Waals surface area (Å²) in [7, 11) is -4.17. The van der Waals surface area contributed by atoms with E-state index in [1.165, 1.54) is 0 Å². The van der Waals surface area contributed by atoms with Crippen LogP contribution in [0.4, 0.5) is 14.5 Å². The van der Waals surface area contributed by atoms with Crippen LogP contribution in [0.5, 0.6) is 5.75 Å². The molecule has 0 aromatic heterocycles. The molecule has 0 bridgehead atoms. The van der Waals surface area contributed by atoms with Crippen molar-refractivity contribution in [3.05, 3.63) is 54.1 Å². The number of para-hydroxylation sites is 2. The largest absolute Gasteiger partial charge is 0.492 e. The van der Waals surface area contributed by atoms with E-state index >= 15 is 0 Å². The SMILES string of the molecule is CCOc1ccccc1NC(=O)C(C)N1CCN(S(=O)(=O)c2cc(F)ccc2F)CC1. The van der Waals surface area contributed by atoms with Crippen molar-refractivity contribution in [1.29, 1.82) is 0 Å². The number of nitrogens with zero attached hydrogens (tertiary/aromatic N) is 2. The van der Waals surface area contributed by atoms with Gasteiger partial charge in [0.1, 0.15) is 22.3 Å². The van der Waals surface area contributed by atoms with E-state index in [1.807, 2.05) is 17.9 Å². The molecule has 3 rings (SSSR count). The van der Waals surface area contributed by atoms with Crippen molar-refractivity contribution in [2.45, 2.75) is 24.8 Å². The number of piperazine rings is 1. The normalized spacial score (nSPS) is 16.6. The van der Waals surface area contributed by atoms with E-state index in [2.05, 4.69) is 5.32 Å². The molecule has 1 atom stereocenters. The zero-order valence-corrected chi connectivity index (χ0v) is 18.2. The van der Waals surface area contributed by atoms with Crippen molar-refractivity contribution in [3.63, 3.8) is 0 Å². The van der Waals surface area contributed by atoms with Gasteiger partial charge in [-0.2, -0.15) is 4.31 Å². The summed E-state index contributed by atoms with van der Waals surface area (Å²) in [5, 5.41) is 2.84. The molecule has 1 aliphatic rings. The Hall–Kier alpha value is -2.56. The van der Waals surface area contributed by atoms with Gasteiger partial charge in [-0.1, -0.05) is 12.1 Å². The molecular formula is C21H25F2N3O4S. The molecule has 1 fully saturated rings. The van der Waals surface area contributed by atoms with Gasteiger partial charge in [-0.3, -0.25) is 9.69 Å². The second kappa shape index (κ2) is 9.71. The van der Waals surface area contributed by atoms with Crippen LogP contribution in [0.2, 0.25) is 0 Å². The molecule has 0 aliphatic carbocycles. The number of amides is 1. The van der Waals surface area contributed by atoms with Crippen LogP contribution in [0.1, 0.15) is 13.8 Å². The predicted octanol–water partition coefficient (Wildman–Crippen LogP) is 2.70. The highest BCUT2D eigenvalue weighted by Gasteiger charge is 2.33. The second-order valence-electron chi connectivity index (χ2n) is 7.11. The van der Waals surface area contributed by atoms with Crippen molar-refractivity contribution in [3.8, 4) is 5.75 Å². The molecule has 7 nitrogen and oxygen atoms in total. The number of rotatable bonds is 7. The van der Waals surface area contributed by atoms with Crippen molar-refractivity contribution in [1.82, 2.24) is 9.21 Å². The van der Waals surface area contributed by atoms with E-state index in [-0.39, 0.29) is 32.1 Å². The lowest BCUT2D eigenvalue weighted by molar-refractivity contribution is -0.121. The van der Waals surface area contributed by atoms with Crippen LogP contribution in [0.15, 0.2) is 47.4 Å². The Morgan fingerprint density at radius 3 is 2.48 bits per heavy atom. The first-order valence-corrected chi connectivity index (χ1v) is 11.4. The molecule has 10 heteroatoms. The summed E-state index contributed by atoms with van der Waals surface area (Å²) in [6.45, 7) is 4.72. The second-order valence-corrected chi connectivity index (χ2v) is 9.02. The Balaban J connectivity index is 1.64. The number of halogens is 2. The predicted molar refractivity (Wildman–Crippen MR) is 112 cm³/mol. The van der Waals surface area contributed by atoms with E-state index in [0.29, 0.717) is 24.1 Å². The Kier molecular flexibility index (Phi) is 7.24. The Morgan fingerprint density at radius 2 is 1.81 bits per heavy atom. The van der Waals surface area contributed by atoms with Gasteiger partial charge in [-0.05, 0) is 44.2 Å². The summed E-state index contributed by atoms with van der Waals surface area (Å²) in [5.41, 5.74) is 0.559. The van der Waals surface area contributed by atoms with Crippen LogP contribution < -0.4 is 10.1 Å². The molecule has 1 heterocycles. The lowest BCUT2D eigenvalue weighted by Gasteiger charge is -2.36. The van der Waals surface area contributed by atoms with Crippen molar-refractivity contribution in [2.24, 2.45) is 0 Å². The third-order valence-corrected chi connectivity index (χ3v) is 7.07. The summed E-state index contributed by atoms with van der Waals surface area (Å²) < 4.78 is 59.5. The summed E-state index contributed by atoms with van der Waals surface area (Å²) in [6, 6.07) is 8.94. The first kappa shape index (κ1) is 23.1. The average molecular weight is 454 g/mol.